The third-order valence-corrected chi connectivity index (χ3v) is 4.93. The van der Waals surface area contributed by atoms with Crippen molar-refractivity contribution in [1.29, 1.82) is 0 Å². The van der Waals surface area contributed by atoms with E-state index in [1.807, 2.05) is 44.2 Å². The Balaban J connectivity index is 2.13. The second-order valence-electron chi connectivity index (χ2n) is 6.58. The number of aryl methyl sites for hydroxylation is 1. The Morgan fingerprint density at radius 3 is 2.43 bits per heavy atom. The monoisotopic (exact) mass is 380 g/mol. The Labute approximate surface area is 164 Å². The summed E-state index contributed by atoms with van der Waals surface area (Å²) >= 11 is 0. The van der Waals surface area contributed by atoms with Gasteiger partial charge in [0.1, 0.15) is 11.4 Å². The number of hydrogen-bond acceptors (Lipinski definition) is 5. The fourth-order valence-electron chi connectivity index (χ4n) is 3.20. The third kappa shape index (κ3) is 3.51. The van der Waals surface area contributed by atoms with E-state index < -0.39 is 0 Å². The average molecular weight is 380 g/mol. The molecule has 2 aromatic carbocycles. The lowest BCUT2D eigenvalue weighted by Gasteiger charge is -2.15. The minimum absolute atomic E-state index is 0.185. The zero-order valence-electron chi connectivity index (χ0n) is 16.5. The number of para-hydroxylation sites is 1. The first-order valence-electron chi connectivity index (χ1n) is 9.05. The zero-order chi connectivity index (χ0) is 20.3. The van der Waals surface area contributed by atoms with Gasteiger partial charge < -0.3 is 14.8 Å². The summed E-state index contributed by atoms with van der Waals surface area (Å²) in [4.78, 5) is 27.4. The van der Waals surface area contributed by atoms with Gasteiger partial charge in [-0.2, -0.15) is 0 Å². The number of benzene rings is 2. The topological polar surface area (TPSA) is 67.9 Å². The molecular weight excluding hydrogens is 356 g/mol. The van der Waals surface area contributed by atoms with Gasteiger partial charge in [0.2, 0.25) is 0 Å². The molecule has 3 rings (SSSR count). The van der Waals surface area contributed by atoms with Gasteiger partial charge in [-0.05, 0) is 37.1 Å². The Kier molecular flexibility index (Phi) is 5.80. The molecular formula is C22H24N2O4. The number of nitrogens with zero attached hydrogens (tertiary/aromatic N) is 1. The molecule has 0 saturated carbocycles. The number of imide groups is 1. The quantitative estimate of drug-likeness (QED) is 0.748. The fraction of sp³-hybridized carbons (Fsp3) is 0.273. The molecule has 0 unspecified atom stereocenters. The van der Waals surface area contributed by atoms with E-state index in [-0.39, 0.29) is 30.7 Å². The maximum atomic E-state index is 13.1. The van der Waals surface area contributed by atoms with Crippen molar-refractivity contribution < 1.29 is 19.1 Å². The van der Waals surface area contributed by atoms with Crippen LogP contribution in [0.5, 0.6) is 5.75 Å². The molecule has 0 bridgehead atoms. The van der Waals surface area contributed by atoms with Crippen molar-refractivity contribution in [2.45, 2.75) is 13.8 Å². The zero-order valence-corrected chi connectivity index (χ0v) is 16.5. The van der Waals surface area contributed by atoms with Crippen molar-refractivity contribution in [2.24, 2.45) is 0 Å². The SMILES string of the molecule is COCCN1C(=O)C(Nc2cccc(C)c2C)=C(c2ccccc2OC)C1=O. The number of ether oxygens (including phenoxy) is 2. The van der Waals surface area contributed by atoms with Crippen LogP contribution in [-0.4, -0.2) is 44.1 Å². The summed E-state index contributed by atoms with van der Waals surface area (Å²) in [5.41, 5.74) is 4.04. The van der Waals surface area contributed by atoms with Crippen LogP contribution in [0.15, 0.2) is 48.2 Å². The molecule has 2 aromatic rings. The normalized spacial score (nSPS) is 14.1. The maximum absolute atomic E-state index is 13.1. The lowest BCUT2D eigenvalue weighted by Crippen LogP contribution is -2.35. The van der Waals surface area contributed by atoms with Crippen LogP contribution >= 0.6 is 0 Å². The summed E-state index contributed by atoms with van der Waals surface area (Å²) in [5.74, 6) is -0.198. The summed E-state index contributed by atoms with van der Waals surface area (Å²) in [5, 5.41) is 3.21. The van der Waals surface area contributed by atoms with Gasteiger partial charge in [-0.1, -0.05) is 30.3 Å². The predicted octanol–water partition coefficient (Wildman–Crippen LogP) is 3.15. The van der Waals surface area contributed by atoms with E-state index in [1.54, 1.807) is 19.2 Å². The molecule has 0 fully saturated rings. The highest BCUT2D eigenvalue weighted by molar-refractivity contribution is 6.37. The van der Waals surface area contributed by atoms with Crippen LogP contribution in [-0.2, 0) is 14.3 Å². The highest BCUT2D eigenvalue weighted by atomic mass is 16.5. The van der Waals surface area contributed by atoms with Gasteiger partial charge in [0.25, 0.3) is 11.8 Å². The van der Waals surface area contributed by atoms with Gasteiger partial charge in [-0.15, -0.1) is 0 Å². The number of rotatable bonds is 7. The van der Waals surface area contributed by atoms with Crippen LogP contribution in [0.25, 0.3) is 5.57 Å². The first-order chi connectivity index (χ1) is 13.5. The molecule has 0 aromatic heterocycles. The predicted molar refractivity (Wildman–Crippen MR) is 108 cm³/mol. The van der Waals surface area contributed by atoms with Crippen molar-refractivity contribution in [3.05, 3.63) is 64.9 Å². The summed E-state index contributed by atoms with van der Waals surface area (Å²) in [7, 11) is 3.08. The van der Waals surface area contributed by atoms with Crippen molar-refractivity contribution in [1.82, 2.24) is 4.90 Å². The van der Waals surface area contributed by atoms with Crippen molar-refractivity contribution in [2.75, 3.05) is 32.7 Å². The Bertz CT molecular complexity index is 949. The minimum atomic E-state index is -0.371. The van der Waals surface area contributed by atoms with E-state index in [0.717, 1.165) is 16.8 Å². The second-order valence-corrected chi connectivity index (χ2v) is 6.58. The first kappa shape index (κ1) is 19.6. The van der Waals surface area contributed by atoms with Crippen molar-refractivity contribution in [3.8, 4) is 5.75 Å². The van der Waals surface area contributed by atoms with Gasteiger partial charge in [0.15, 0.2) is 0 Å². The highest BCUT2D eigenvalue weighted by Gasteiger charge is 2.40. The van der Waals surface area contributed by atoms with Crippen LogP contribution in [0.3, 0.4) is 0 Å². The molecule has 28 heavy (non-hydrogen) atoms. The molecule has 1 N–H and O–H groups in total. The summed E-state index contributed by atoms with van der Waals surface area (Å²) in [6.07, 6.45) is 0. The molecule has 1 aliphatic heterocycles. The summed E-state index contributed by atoms with van der Waals surface area (Å²) < 4.78 is 10.5. The van der Waals surface area contributed by atoms with E-state index in [0.29, 0.717) is 16.9 Å². The minimum Gasteiger partial charge on any atom is -0.496 e. The first-order valence-corrected chi connectivity index (χ1v) is 9.05. The molecule has 0 radical (unpaired) electrons. The van der Waals surface area contributed by atoms with E-state index in [4.69, 9.17) is 9.47 Å². The molecule has 6 nitrogen and oxygen atoms in total. The Morgan fingerprint density at radius 2 is 1.71 bits per heavy atom. The number of anilines is 1. The number of nitrogens with one attached hydrogen (secondary N) is 1. The molecule has 1 heterocycles. The molecule has 6 heteroatoms. The van der Waals surface area contributed by atoms with Gasteiger partial charge >= 0.3 is 0 Å². The van der Waals surface area contributed by atoms with Crippen LogP contribution in [0.4, 0.5) is 5.69 Å². The standard InChI is InChI=1S/C22H24N2O4/c1-14-8-7-10-17(15(14)2)23-20-19(16-9-5-6-11-18(16)28-4)21(25)24(22(20)26)12-13-27-3/h5-11,23H,12-13H2,1-4H3. The average Bonchev–Trinajstić information content (AvgIpc) is 2.93. The van der Waals surface area contributed by atoms with Gasteiger partial charge in [-0.25, -0.2) is 0 Å². The van der Waals surface area contributed by atoms with Crippen molar-refractivity contribution >= 4 is 23.1 Å². The van der Waals surface area contributed by atoms with Gasteiger partial charge in [0.05, 0.1) is 25.8 Å². The van der Waals surface area contributed by atoms with Crippen molar-refractivity contribution in [3.63, 3.8) is 0 Å². The number of hydrogen-bond donors (Lipinski definition) is 1. The van der Waals surface area contributed by atoms with E-state index >= 15 is 0 Å². The van der Waals surface area contributed by atoms with Crippen LogP contribution in [0, 0.1) is 13.8 Å². The largest absolute Gasteiger partial charge is 0.496 e. The highest BCUT2D eigenvalue weighted by Crippen LogP contribution is 2.35. The number of carbonyl (C=O) groups excluding carboxylic acids is 2. The molecule has 1 aliphatic rings. The number of amides is 2. The summed E-state index contributed by atoms with van der Waals surface area (Å²) in [6.45, 7) is 4.44. The van der Waals surface area contributed by atoms with E-state index in [1.165, 1.54) is 12.0 Å². The van der Waals surface area contributed by atoms with E-state index in [2.05, 4.69) is 5.32 Å². The number of methoxy groups -OCH3 is 2. The molecule has 2 amide bonds. The van der Waals surface area contributed by atoms with Gasteiger partial charge in [0, 0.05) is 18.4 Å². The maximum Gasteiger partial charge on any atom is 0.278 e. The van der Waals surface area contributed by atoms with Crippen LogP contribution in [0.2, 0.25) is 0 Å². The van der Waals surface area contributed by atoms with E-state index in [9.17, 15) is 9.59 Å². The lowest BCUT2D eigenvalue weighted by molar-refractivity contribution is -0.137. The molecule has 0 saturated heterocycles. The molecule has 0 aliphatic carbocycles. The Hall–Kier alpha value is -3.12. The van der Waals surface area contributed by atoms with Crippen LogP contribution < -0.4 is 10.1 Å². The molecule has 0 spiro atoms. The second kappa shape index (κ2) is 8.27. The van der Waals surface area contributed by atoms with Crippen LogP contribution in [0.1, 0.15) is 16.7 Å². The summed E-state index contributed by atoms with van der Waals surface area (Å²) in [6, 6.07) is 13.0. The van der Waals surface area contributed by atoms with Gasteiger partial charge in [-0.3, -0.25) is 14.5 Å². The smallest absolute Gasteiger partial charge is 0.278 e. The third-order valence-electron chi connectivity index (χ3n) is 4.93. The Morgan fingerprint density at radius 1 is 0.964 bits per heavy atom. The lowest BCUT2D eigenvalue weighted by atomic mass is 10.0. The number of carbonyl (C=O) groups is 2. The fourth-order valence-corrected chi connectivity index (χ4v) is 3.20. The molecule has 0 atom stereocenters. The molecule has 146 valence electrons.